The molecule has 0 aromatic carbocycles. The van der Waals surface area contributed by atoms with Crippen LogP contribution in [0.4, 0.5) is 0 Å². The van der Waals surface area contributed by atoms with Gasteiger partial charge in [-0.2, -0.15) is 0 Å². The second-order valence-electron chi connectivity index (χ2n) is 3.67. The maximum absolute atomic E-state index is 6.24. The van der Waals surface area contributed by atoms with Crippen molar-refractivity contribution in [3.05, 3.63) is 0 Å². The number of methoxy groups -OCH3 is 1. The van der Waals surface area contributed by atoms with Crippen LogP contribution in [0.1, 0.15) is 33.6 Å². The molecule has 0 aromatic rings. The lowest BCUT2D eigenvalue weighted by Gasteiger charge is -2.24. The quantitative estimate of drug-likeness (QED) is 0.587. The third kappa shape index (κ3) is 4.32. The van der Waals surface area contributed by atoms with Gasteiger partial charge in [0, 0.05) is 18.4 Å². The standard InChI is InChI=1S/C10H21ClO/c1-5-6-10(11)9(7-12-4)8(2)3/h8-10H,5-7H2,1-4H3. The smallest absolute Gasteiger partial charge is 0.0507 e. The summed E-state index contributed by atoms with van der Waals surface area (Å²) in [4.78, 5) is 0. The summed E-state index contributed by atoms with van der Waals surface area (Å²) in [7, 11) is 1.74. The zero-order valence-corrected chi connectivity index (χ0v) is 9.40. The van der Waals surface area contributed by atoms with Gasteiger partial charge in [0.1, 0.15) is 0 Å². The first-order valence-corrected chi connectivity index (χ1v) is 5.20. The lowest BCUT2D eigenvalue weighted by molar-refractivity contribution is 0.125. The molecular formula is C10H21ClO. The van der Waals surface area contributed by atoms with E-state index in [4.69, 9.17) is 16.3 Å². The average Bonchev–Trinajstić information content (AvgIpc) is 1.99. The topological polar surface area (TPSA) is 9.23 Å². The summed E-state index contributed by atoms with van der Waals surface area (Å²) in [5, 5.41) is 0.273. The van der Waals surface area contributed by atoms with E-state index in [2.05, 4.69) is 20.8 Å². The van der Waals surface area contributed by atoms with Gasteiger partial charge < -0.3 is 4.74 Å². The Kier molecular flexibility index (Phi) is 6.87. The van der Waals surface area contributed by atoms with E-state index in [1.54, 1.807) is 7.11 Å². The first-order valence-electron chi connectivity index (χ1n) is 4.76. The molecule has 74 valence electrons. The van der Waals surface area contributed by atoms with Crippen LogP contribution >= 0.6 is 11.6 Å². The highest BCUT2D eigenvalue weighted by atomic mass is 35.5. The van der Waals surface area contributed by atoms with E-state index in [1.165, 1.54) is 0 Å². The molecule has 0 amide bonds. The summed E-state index contributed by atoms with van der Waals surface area (Å²) in [6, 6.07) is 0. The Labute approximate surface area is 81.4 Å². The molecule has 0 fully saturated rings. The Morgan fingerprint density at radius 1 is 1.33 bits per heavy atom. The van der Waals surface area contributed by atoms with Crippen LogP contribution in [0.15, 0.2) is 0 Å². The van der Waals surface area contributed by atoms with Crippen LogP contribution in [-0.2, 0) is 4.74 Å². The van der Waals surface area contributed by atoms with Gasteiger partial charge in [0.2, 0.25) is 0 Å². The van der Waals surface area contributed by atoms with Gasteiger partial charge in [-0.05, 0) is 12.3 Å². The number of alkyl halides is 1. The van der Waals surface area contributed by atoms with Crippen LogP contribution in [0.3, 0.4) is 0 Å². The fourth-order valence-electron chi connectivity index (χ4n) is 1.40. The maximum Gasteiger partial charge on any atom is 0.0507 e. The van der Waals surface area contributed by atoms with E-state index < -0.39 is 0 Å². The van der Waals surface area contributed by atoms with Crippen molar-refractivity contribution in [2.75, 3.05) is 13.7 Å². The molecule has 0 spiro atoms. The molecule has 0 aliphatic carbocycles. The number of hydrogen-bond acceptors (Lipinski definition) is 1. The zero-order chi connectivity index (χ0) is 9.56. The third-order valence-corrected chi connectivity index (χ3v) is 2.79. The van der Waals surface area contributed by atoms with Gasteiger partial charge in [0.15, 0.2) is 0 Å². The largest absolute Gasteiger partial charge is 0.384 e. The molecule has 0 aliphatic rings. The van der Waals surface area contributed by atoms with Crippen LogP contribution in [-0.4, -0.2) is 19.1 Å². The molecule has 0 radical (unpaired) electrons. The van der Waals surface area contributed by atoms with Crippen LogP contribution < -0.4 is 0 Å². The van der Waals surface area contributed by atoms with Gasteiger partial charge in [-0.1, -0.05) is 27.2 Å². The summed E-state index contributed by atoms with van der Waals surface area (Å²) in [6.45, 7) is 7.36. The molecule has 0 saturated carbocycles. The normalized spacial score (nSPS) is 16.5. The molecule has 2 heteroatoms. The minimum Gasteiger partial charge on any atom is -0.384 e. The van der Waals surface area contributed by atoms with E-state index in [9.17, 15) is 0 Å². The van der Waals surface area contributed by atoms with E-state index in [1.807, 2.05) is 0 Å². The van der Waals surface area contributed by atoms with Crippen molar-refractivity contribution in [2.24, 2.45) is 11.8 Å². The molecule has 12 heavy (non-hydrogen) atoms. The van der Waals surface area contributed by atoms with Crippen molar-refractivity contribution in [2.45, 2.75) is 39.0 Å². The molecule has 0 aliphatic heterocycles. The van der Waals surface area contributed by atoms with Crippen LogP contribution in [0, 0.1) is 11.8 Å². The predicted molar refractivity (Wildman–Crippen MR) is 54.8 cm³/mol. The van der Waals surface area contributed by atoms with Crippen molar-refractivity contribution < 1.29 is 4.74 Å². The Hall–Kier alpha value is 0.250. The van der Waals surface area contributed by atoms with Crippen molar-refractivity contribution >= 4 is 11.6 Å². The van der Waals surface area contributed by atoms with Crippen molar-refractivity contribution in [3.8, 4) is 0 Å². The first kappa shape index (κ1) is 12.2. The highest BCUT2D eigenvalue weighted by Gasteiger charge is 2.21. The first-order chi connectivity index (χ1) is 5.63. The second-order valence-corrected chi connectivity index (χ2v) is 4.23. The zero-order valence-electron chi connectivity index (χ0n) is 8.64. The predicted octanol–water partition coefficient (Wildman–Crippen LogP) is 3.31. The summed E-state index contributed by atoms with van der Waals surface area (Å²) in [6.07, 6.45) is 2.24. The van der Waals surface area contributed by atoms with Gasteiger partial charge >= 0.3 is 0 Å². The van der Waals surface area contributed by atoms with Gasteiger partial charge in [-0.25, -0.2) is 0 Å². The molecule has 0 N–H and O–H groups in total. The highest BCUT2D eigenvalue weighted by Crippen LogP contribution is 2.23. The van der Waals surface area contributed by atoms with Crippen molar-refractivity contribution in [3.63, 3.8) is 0 Å². The SMILES string of the molecule is CCCC(Cl)C(COC)C(C)C. The molecule has 2 atom stereocenters. The van der Waals surface area contributed by atoms with E-state index in [0.29, 0.717) is 11.8 Å². The summed E-state index contributed by atoms with van der Waals surface area (Å²) in [5.41, 5.74) is 0. The monoisotopic (exact) mass is 192 g/mol. The van der Waals surface area contributed by atoms with E-state index in [-0.39, 0.29) is 5.38 Å². The Morgan fingerprint density at radius 3 is 2.25 bits per heavy atom. The van der Waals surface area contributed by atoms with Crippen LogP contribution in [0.25, 0.3) is 0 Å². The number of hydrogen-bond donors (Lipinski definition) is 0. The Bertz CT molecular complexity index is 104. The summed E-state index contributed by atoms with van der Waals surface area (Å²) in [5.74, 6) is 1.11. The fraction of sp³-hybridized carbons (Fsp3) is 1.00. The van der Waals surface area contributed by atoms with Crippen LogP contribution in [0.2, 0.25) is 0 Å². The van der Waals surface area contributed by atoms with Crippen molar-refractivity contribution in [1.82, 2.24) is 0 Å². The number of halogens is 1. The van der Waals surface area contributed by atoms with E-state index >= 15 is 0 Å². The molecule has 1 nitrogen and oxygen atoms in total. The minimum atomic E-state index is 0.273. The molecule has 0 heterocycles. The Morgan fingerprint density at radius 2 is 1.92 bits per heavy atom. The second kappa shape index (κ2) is 6.73. The molecular weight excluding hydrogens is 172 g/mol. The number of rotatable bonds is 6. The fourth-order valence-corrected chi connectivity index (χ4v) is 1.98. The molecule has 0 saturated heterocycles. The summed E-state index contributed by atoms with van der Waals surface area (Å²) >= 11 is 6.24. The summed E-state index contributed by atoms with van der Waals surface area (Å²) < 4.78 is 5.15. The molecule has 0 bridgehead atoms. The molecule has 0 rings (SSSR count). The Balaban J connectivity index is 3.90. The highest BCUT2D eigenvalue weighted by molar-refractivity contribution is 6.20. The third-order valence-electron chi connectivity index (χ3n) is 2.24. The maximum atomic E-state index is 6.24. The van der Waals surface area contributed by atoms with Gasteiger partial charge in [0.25, 0.3) is 0 Å². The molecule has 2 unspecified atom stereocenters. The van der Waals surface area contributed by atoms with Gasteiger partial charge in [-0.15, -0.1) is 11.6 Å². The van der Waals surface area contributed by atoms with Crippen LogP contribution in [0.5, 0.6) is 0 Å². The molecule has 0 aromatic heterocycles. The van der Waals surface area contributed by atoms with E-state index in [0.717, 1.165) is 19.4 Å². The van der Waals surface area contributed by atoms with Gasteiger partial charge in [0.05, 0.1) is 6.61 Å². The lowest BCUT2D eigenvalue weighted by Crippen LogP contribution is -2.25. The van der Waals surface area contributed by atoms with Crippen molar-refractivity contribution in [1.29, 1.82) is 0 Å². The van der Waals surface area contributed by atoms with Gasteiger partial charge in [-0.3, -0.25) is 0 Å². The number of ether oxygens (including phenoxy) is 1. The average molecular weight is 193 g/mol. The minimum absolute atomic E-state index is 0.273. The lowest BCUT2D eigenvalue weighted by atomic mass is 9.91.